The van der Waals surface area contributed by atoms with E-state index in [2.05, 4.69) is 0 Å². The summed E-state index contributed by atoms with van der Waals surface area (Å²) in [7, 11) is 1.66. The summed E-state index contributed by atoms with van der Waals surface area (Å²) in [5, 5.41) is 21.0. The Morgan fingerprint density at radius 3 is 2.43 bits per heavy atom. The molecule has 0 aliphatic carbocycles. The predicted molar refractivity (Wildman–Crippen MR) is 79.8 cm³/mol. The van der Waals surface area contributed by atoms with Crippen LogP contribution in [0.15, 0.2) is 45.6 Å². The number of aromatic nitrogens is 1. The van der Waals surface area contributed by atoms with Gasteiger partial charge in [0.2, 0.25) is 0 Å². The smallest absolute Gasteiger partial charge is 0.262 e. The second kappa shape index (κ2) is 3.79. The van der Waals surface area contributed by atoms with E-state index < -0.39 is 0 Å². The van der Waals surface area contributed by atoms with E-state index in [0.717, 1.165) is 5.39 Å². The molecule has 0 fully saturated rings. The molecule has 0 atom stereocenters. The summed E-state index contributed by atoms with van der Waals surface area (Å²) in [6.07, 6.45) is 0. The quantitative estimate of drug-likeness (QED) is 0.519. The van der Waals surface area contributed by atoms with Gasteiger partial charge in [0, 0.05) is 30.0 Å². The second-order valence-corrected chi connectivity index (χ2v) is 5.05. The number of rotatable bonds is 0. The third-order valence-electron chi connectivity index (χ3n) is 3.78. The van der Waals surface area contributed by atoms with Crippen LogP contribution < -0.4 is 5.56 Å². The second-order valence-electron chi connectivity index (χ2n) is 5.05. The number of phenolic OH excluding ortho intramolecular Hbond substituents is 2. The molecular weight excluding hydrogens is 270 g/mol. The molecule has 2 heterocycles. The summed E-state index contributed by atoms with van der Waals surface area (Å²) < 4.78 is 7.25. The van der Waals surface area contributed by atoms with Crippen molar-refractivity contribution >= 4 is 32.8 Å². The van der Waals surface area contributed by atoms with Crippen LogP contribution in [-0.2, 0) is 7.05 Å². The maximum atomic E-state index is 12.6. The van der Waals surface area contributed by atoms with Crippen molar-refractivity contribution in [3.05, 3.63) is 46.8 Å². The van der Waals surface area contributed by atoms with Gasteiger partial charge in [-0.25, -0.2) is 0 Å². The number of nitrogens with zero attached hydrogens (tertiary/aromatic N) is 1. The normalized spacial score (nSPS) is 11.7. The molecule has 4 aromatic rings. The van der Waals surface area contributed by atoms with Gasteiger partial charge in [-0.15, -0.1) is 0 Å². The van der Waals surface area contributed by atoms with Crippen LogP contribution in [0.25, 0.3) is 32.8 Å². The molecule has 0 bridgehead atoms. The van der Waals surface area contributed by atoms with Crippen molar-refractivity contribution in [3.8, 4) is 11.5 Å². The summed E-state index contributed by atoms with van der Waals surface area (Å²) >= 11 is 0. The van der Waals surface area contributed by atoms with Crippen molar-refractivity contribution in [3.63, 3.8) is 0 Å². The summed E-state index contributed by atoms with van der Waals surface area (Å²) in [6.45, 7) is 0. The summed E-state index contributed by atoms with van der Waals surface area (Å²) in [4.78, 5) is 12.6. The average molecular weight is 281 g/mol. The number of furan rings is 1. The molecule has 2 N–H and O–H groups in total. The van der Waals surface area contributed by atoms with Gasteiger partial charge in [-0.05, 0) is 24.3 Å². The van der Waals surface area contributed by atoms with Gasteiger partial charge in [-0.3, -0.25) is 4.79 Å². The summed E-state index contributed by atoms with van der Waals surface area (Å²) in [5.74, 6) is 0.172. The van der Waals surface area contributed by atoms with E-state index in [0.29, 0.717) is 27.5 Å². The molecule has 21 heavy (non-hydrogen) atoms. The number of aromatic hydroxyl groups is 2. The fourth-order valence-electron chi connectivity index (χ4n) is 2.75. The highest BCUT2D eigenvalue weighted by Gasteiger charge is 2.16. The molecule has 0 spiro atoms. The molecule has 0 unspecified atom stereocenters. The van der Waals surface area contributed by atoms with Gasteiger partial charge in [0.1, 0.15) is 22.7 Å². The Kier molecular flexibility index (Phi) is 2.14. The van der Waals surface area contributed by atoms with Crippen LogP contribution in [0.3, 0.4) is 0 Å². The van der Waals surface area contributed by atoms with E-state index in [1.54, 1.807) is 25.2 Å². The van der Waals surface area contributed by atoms with Crippen molar-refractivity contribution in [1.29, 1.82) is 0 Å². The predicted octanol–water partition coefficient (Wildman–Crippen LogP) is 2.85. The number of benzene rings is 2. The molecule has 2 aromatic heterocycles. The molecule has 2 aromatic carbocycles. The highest BCUT2D eigenvalue weighted by Crippen LogP contribution is 2.33. The number of hydrogen-bond donors (Lipinski definition) is 2. The minimum absolute atomic E-state index is 0.0836. The van der Waals surface area contributed by atoms with Crippen LogP contribution in [0.1, 0.15) is 0 Å². The Morgan fingerprint density at radius 1 is 1.00 bits per heavy atom. The lowest BCUT2D eigenvalue weighted by molar-refractivity contribution is 0.474. The van der Waals surface area contributed by atoms with E-state index in [9.17, 15) is 15.0 Å². The molecule has 0 aliphatic rings. The standard InChI is InChI=1S/C16H11NO4/c1-17-12-6-8(18)2-4-10(12)15-14(16(17)20)11-5-3-9(19)7-13(11)21-15/h2-7,18-19H,1H3. The Morgan fingerprint density at radius 2 is 1.67 bits per heavy atom. The minimum atomic E-state index is -0.201. The first-order valence-corrected chi connectivity index (χ1v) is 6.43. The Hall–Kier alpha value is -2.95. The van der Waals surface area contributed by atoms with Gasteiger partial charge < -0.3 is 19.2 Å². The van der Waals surface area contributed by atoms with Gasteiger partial charge in [0.25, 0.3) is 5.56 Å². The topological polar surface area (TPSA) is 75.6 Å². The maximum absolute atomic E-state index is 12.6. The number of aryl methyl sites for hydroxylation is 1. The van der Waals surface area contributed by atoms with Gasteiger partial charge in [0.05, 0.1) is 10.9 Å². The van der Waals surface area contributed by atoms with Crippen molar-refractivity contribution < 1.29 is 14.6 Å². The monoisotopic (exact) mass is 281 g/mol. The lowest BCUT2D eigenvalue weighted by Crippen LogP contribution is -2.16. The van der Waals surface area contributed by atoms with Crippen LogP contribution >= 0.6 is 0 Å². The SMILES string of the molecule is Cn1c(=O)c2c3ccc(O)cc3oc2c2ccc(O)cc21. The van der Waals surface area contributed by atoms with Gasteiger partial charge >= 0.3 is 0 Å². The van der Waals surface area contributed by atoms with Crippen LogP contribution in [0, 0.1) is 0 Å². The summed E-state index contributed by atoms with van der Waals surface area (Å²) in [5.41, 5.74) is 1.32. The lowest BCUT2D eigenvalue weighted by atomic mass is 10.1. The Balaban J connectivity index is 2.37. The fraction of sp³-hybridized carbons (Fsp3) is 0.0625. The summed E-state index contributed by atoms with van der Waals surface area (Å²) in [6, 6.07) is 9.48. The minimum Gasteiger partial charge on any atom is -0.508 e. The first-order chi connectivity index (χ1) is 10.1. The highest BCUT2D eigenvalue weighted by atomic mass is 16.3. The van der Waals surface area contributed by atoms with Crippen LogP contribution in [0.4, 0.5) is 0 Å². The molecule has 0 radical (unpaired) electrons. The zero-order valence-corrected chi connectivity index (χ0v) is 11.1. The van der Waals surface area contributed by atoms with Crippen molar-refractivity contribution in [2.24, 2.45) is 7.05 Å². The molecule has 0 saturated heterocycles. The Labute approximate surface area is 118 Å². The van der Waals surface area contributed by atoms with Gasteiger partial charge in [-0.2, -0.15) is 0 Å². The molecule has 5 nitrogen and oxygen atoms in total. The van der Waals surface area contributed by atoms with E-state index >= 15 is 0 Å². The van der Waals surface area contributed by atoms with E-state index in [1.165, 1.54) is 22.8 Å². The van der Waals surface area contributed by atoms with Crippen molar-refractivity contribution in [2.75, 3.05) is 0 Å². The average Bonchev–Trinajstić information content (AvgIpc) is 2.83. The molecular formula is C16H11NO4. The van der Waals surface area contributed by atoms with Crippen LogP contribution in [-0.4, -0.2) is 14.8 Å². The zero-order chi connectivity index (χ0) is 14.7. The first-order valence-electron chi connectivity index (χ1n) is 6.43. The van der Waals surface area contributed by atoms with E-state index in [4.69, 9.17) is 4.42 Å². The third-order valence-corrected chi connectivity index (χ3v) is 3.78. The molecule has 0 saturated carbocycles. The third kappa shape index (κ3) is 1.48. The number of pyridine rings is 1. The fourth-order valence-corrected chi connectivity index (χ4v) is 2.75. The van der Waals surface area contributed by atoms with E-state index in [1.807, 2.05) is 0 Å². The number of hydrogen-bond acceptors (Lipinski definition) is 4. The molecule has 0 amide bonds. The maximum Gasteiger partial charge on any atom is 0.262 e. The molecule has 4 rings (SSSR count). The zero-order valence-electron chi connectivity index (χ0n) is 11.1. The largest absolute Gasteiger partial charge is 0.508 e. The first kappa shape index (κ1) is 11.8. The molecule has 104 valence electrons. The van der Waals surface area contributed by atoms with Crippen molar-refractivity contribution in [1.82, 2.24) is 4.57 Å². The lowest BCUT2D eigenvalue weighted by Gasteiger charge is -2.05. The Bertz CT molecular complexity index is 1090. The highest BCUT2D eigenvalue weighted by molar-refractivity contribution is 6.13. The number of fused-ring (bicyclic) bond motifs is 5. The number of phenols is 2. The molecule has 5 heteroatoms. The molecule has 0 aliphatic heterocycles. The van der Waals surface area contributed by atoms with Gasteiger partial charge in [-0.1, -0.05) is 0 Å². The van der Waals surface area contributed by atoms with Crippen LogP contribution in [0.5, 0.6) is 11.5 Å². The van der Waals surface area contributed by atoms with E-state index in [-0.39, 0.29) is 17.1 Å². The van der Waals surface area contributed by atoms with Crippen molar-refractivity contribution in [2.45, 2.75) is 0 Å². The van der Waals surface area contributed by atoms with Gasteiger partial charge in [0.15, 0.2) is 0 Å². The van der Waals surface area contributed by atoms with Crippen LogP contribution in [0.2, 0.25) is 0 Å².